The average molecular weight is 437 g/mol. The van der Waals surface area contributed by atoms with Crippen molar-refractivity contribution in [3.05, 3.63) is 69.7 Å². The minimum absolute atomic E-state index is 0.108. The highest BCUT2D eigenvalue weighted by molar-refractivity contribution is 7.98. The lowest BCUT2D eigenvalue weighted by atomic mass is 9.95. The summed E-state index contributed by atoms with van der Waals surface area (Å²) in [5.74, 6) is 2.22. The first-order valence-corrected chi connectivity index (χ1v) is 11.6. The van der Waals surface area contributed by atoms with E-state index in [4.69, 9.17) is 23.2 Å². The molecule has 0 atom stereocenters. The summed E-state index contributed by atoms with van der Waals surface area (Å²) in [6.07, 6.45) is 1.76. The number of carbonyl (C=O) groups excluding carboxylic acids is 1. The maximum atomic E-state index is 12.4. The number of rotatable bonds is 8. The van der Waals surface area contributed by atoms with Gasteiger partial charge in [-0.3, -0.25) is 9.69 Å². The third kappa shape index (κ3) is 6.41. The molecule has 0 aromatic heterocycles. The molecule has 6 heteroatoms. The topological polar surface area (TPSA) is 32.3 Å². The summed E-state index contributed by atoms with van der Waals surface area (Å²) in [5.41, 5.74) is 2.30. The van der Waals surface area contributed by atoms with Crippen LogP contribution in [0.25, 0.3) is 0 Å². The van der Waals surface area contributed by atoms with Crippen LogP contribution in [0, 0.1) is 5.92 Å². The molecule has 0 unspecified atom stereocenters. The summed E-state index contributed by atoms with van der Waals surface area (Å²) < 4.78 is 0. The summed E-state index contributed by atoms with van der Waals surface area (Å²) in [5, 5.41) is 4.52. The molecule has 2 aromatic rings. The van der Waals surface area contributed by atoms with Crippen LogP contribution in [0.3, 0.4) is 0 Å². The molecule has 0 aliphatic carbocycles. The molecule has 0 saturated carbocycles. The third-order valence-corrected chi connectivity index (χ3v) is 6.80. The van der Waals surface area contributed by atoms with Crippen molar-refractivity contribution in [1.82, 2.24) is 10.2 Å². The van der Waals surface area contributed by atoms with E-state index in [9.17, 15) is 4.79 Å². The minimum Gasteiger partial charge on any atom is -0.355 e. The highest BCUT2D eigenvalue weighted by Crippen LogP contribution is 2.27. The highest BCUT2D eigenvalue weighted by atomic mass is 35.5. The molecule has 2 aromatic carbocycles. The summed E-state index contributed by atoms with van der Waals surface area (Å²) in [6.45, 7) is 3.25. The maximum Gasteiger partial charge on any atom is 0.223 e. The van der Waals surface area contributed by atoms with Gasteiger partial charge in [0, 0.05) is 46.1 Å². The minimum atomic E-state index is 0.108. The normalized spacial score (nSPS) is 15.5. The number of likely N-dealkylation sites (tertiary alicyclic amines) is 1. The average Bonchev–Trinajstić information content (AvgIpc) is 2.72. The molecule has 1 N–H and O–H groups in total. The Morgan fingerprint density at radius 1 is 1.04 bits per heavy atom. The monoisotopic (exact) mass is 436 g/mol. The molecule has 1 fully saturated rings. The quantitative estimate of drug-likeness (QED) is 0.573. The molecule has 1 heterocycles. The van der Waals surface area contributed by atoms with E-state index in [0.29, 0.717) is 10.0 Å². The van der Waals surface area contributed by atoms with E-state index in [1.54, 1.807) is 0 Å². The molecular weight excluding hydrogens is 411 g/mol. The van der Waals surface area contributed by atoms with Gasteiger partial charge in [0.05, 0.1) is 0 Å². The Hall–Kier alpha value is -1.20. The second-order valence-electron chi connectivity index (χ2n) is 7.08. The van der Waals surface area contributed by atoms with Gasteiger partial charge in [0.2, 0.25) is 5.91 Å². The van der Waals surface area contributed by atoms with Crippen molar-refractivity contribution in [3.63, 3.8) is 0 Å². The van der Waals surface area contributed by atoms with E-state index in [1.807, 2.05) is 36.0 Å². The number of nitrogens with one attached hydrogen (secondary N) is 1. The largest absolute Gasteiger partial charge is 0.355 e. The van der Waals surface area contributed by atoms with Crippen molar-refractivity contribution < 1.29 is 4.79 Å². The van der Waals surface area contributed by atoms with Crippen LogP contribution in [0.15, 0.2) is 48.5 Å². The predicted molar refractivity (Wildman–Crippen MR) is 120 cm³/mol. The van der Waals surface area contributed by atoms with Crippen molar-refractivity contribution in [2.45, 2.75) is 25.1 Å². The van der Waals surface area contributed by atoms with Crippen molar-refractivity contribution in [3.8, 4) is 0 Å². The van der Waals surface area contributed by atoms with Gasteiger partial charge >= 0.3 is 0 Å². The van der Waals surface area contributed by atoms with Gasteiger partial charge in [0.25, 0.3) is 0 Å². The Morgan fingerprint density at radius 3 is 2.39 bits per heavy atom. The third-order valence-electron chi connectivity index (χ3n) is 5.06. The number of hydrogen-bond acceptors (Lipinski definition) is 3. The molecule has 150 valence electrons. The van der Waals surface area contributed by atoms with Crippen LogP contribution in [0.4, 0.5) is 0 Å². The number of amides is 1. The van der Waals surface area contributed by atoms with E-state index >= 15 is 0 Å². The van der Waals surface area contributed by atoms with Gasteiger partial charge in [-0.15, -0.1) is 0 Å². The first-order chi connectivity index (χ1) is 13.6. The SMILES string of the molecule is O=C(NCCSCc1ccccc1)C1CCN(Cc2c(Cl)cccc2Cl)CC1. The molecule has 3 rings (SSSR count). The van der Waals surface area contributed by atoms with Gasteiger partial charge in [-0.1, -0.05) is 59.6 Å². The zero-order chi connectivity index (χ0) is 19.8. The number of piperidine rings is 1. The Labute approximate surface area is 181 Å². The second-order valence-corrected chi connectivity index (χ2v) is 9.00. The smallest absolute Gasteiger partial charge is 0.223 e. The number of carbonyl (C=O) groups is 1. The molecule has 3 nitrogen and oxygen atoms in total. The molecule has 0 bridgehead atoms. The second kappa shape index (κ2) is 11.1. The number of halogens is 2. The van der Waals surface area contributed by atoms with Crippen LogP contribution < -0.4 is 5.32 Å². The van der Waals surface area contributed by atoms with Gasteiger partial charge in [-0.25, -0.2) is 0 Å². The lowest BCUT2D eigenvalue weighted by molar-refractivity contribution is -0.126. The van der Waals surface area contributed by atoms with E-state index < -0.39 is 0 Å². The van der Waals surface area contributed by atoms with E-state index in [0.717, 1.165) is 56.1 Å². The van der Waals surface area contributed by atoms with Crippen LogP contribution in [0.1, 0.15) is 24.0 Å². The van der Waals surface area contributed by atoms with Crippen LogP contribution in [-0.2, 0) is 17.1 Å². The summed E-state index contributed by atoms with van der Waals surface area (Å²) >= 11 is 14.4. The van der Waals surface area contributed by atoms with E-state index in [2.05, 4.69) is 34.5 Å². The number of benzene rings is 2. The fourth-order valence-electron chi connectivity index (χ4n) is 3.42. The zero-order valence-electron chi connectivity index (χ0n) is 15.9. The molecule has 0 radical (unpaired) electrons. The summed E-state index contributed by atoms with van der Waals surface area (Å²) in [7, 11) is 0. The maximum absolute atomic E-state index is 12.4. The summed E-state index contributed by atoms with van der Waals surface area (Å²) in [4.78, 5) is 14.7. The van der Waals surface area contributed by atoms with Crippen LogP contribution in [0.5, 0.6) is 0 Å². The van der Waals surface area contributed by atoms with Crippen LogP contribution in [0.2, 0.25) is 10.0 Å². The Balaban J connectivity index is 1.33. The number of nitrogens with zero attached hydrogens (tertiary/aromatic N) is 1. The van der Waals surface area contributed by atoms with Gasteiger partial charge < -0.3 is 5.32 Å². The number of hydrogen-bond donors (Lipinski definition) is 1. The predicted octanol–water partition coefficient (Wildman–Crippen LogP) is 5.26. The number of thioether (sulfide) groups is 1. The van der Waals surface area contributed by atoms with Crippen molar-refractivity contribution in [2.24, 2.45) is 5.92 Å². The Bertz CT molecular complexity index is 744. The first kappa shape index (κ1) is 21.5. The zero-order valence-corrected chi connectivity index (χ0v) is 18.2. The molecule has 1 aliphatic rings. The Kier molecular flexibility index (Phi) is 8.53. The van der Waals surface area contributed by atoms with Gasteiger partial charge in [-0.05, 0) is 43.6 Å². The van der Waals surface area contributed by atoms with Gasteiger partial charge in [0.1, 0.15) is 0 Å². The lowest BCUT2D eigenvalue weighted by Crippen LogP contribution is -2.40. The highest BCUT2D eigenvalue weighted by Gasteiger charge is 2.25. The van der Waals surface area contributed by atoms with E-state index in [1.165, 1.54) is 5.56 Å². The molecular formula is C22H26Cl2N2OS. The molecule has 0 spiro atoms. The van der Waals surface area contributed by atoms with Crippen molar-refractivity contribution in [2.75, 3.05) is 25.4 Å². The van der Waals surface area contributed by atoms with E-state index in [-0.39, 0.29) is 11.8 Å². The fourth-order valence-corrected chi connectivity index (χ4v) is 4.75. The standard InChI is InChI=1S/C22H26Cl2N2OS/c23-20-7-4-8-21(24)19(20)15-26-12-9-18(10-13-26)22(27)25-11-14-28-16-17-5-2-1-3-6-17/h1-8,18H,9-16H2,(H,25,27). The molecule has 28 heavy (non-hydrogen) atoms. The van der Waals surface area contributed by atoms with Gasteiger partial charge in [-0.2, -0.15) is 11.8 Å². The van der Waals surface area contributed by atoms with Crippen LogP contribution in [-0.4, -0.2) is 36.2 Å². The van der Waals surface area contributed by atoms with Crippen molar-refractivity contribution in [1.29, 1.82) is 0 Å². The fraction of sp³-hybridized carbons (Fsp3) is 0.409. The molecule has 1 aliphatic heterocycles. The molecule has 1 amide bonds. The van der Waals surface area contributed by atoms with Crippen LogP contribution >= 0.6 is 35.0 Å². The lowest BCUT2D eigenvalue weighted by Gasteiger charge is -2.31. The molecule has 1 saturated heterocycles. The van der Waals surface area contributed by atoms with Crippen molar-refractivity contribution >= 4 is 40.9 Å². The summed E-state index contributed by atoms with van der Waals surface area (Å²) in [6, 6.07) is 16.0. The van der Waals surface area contributed by atoms with Gasteiger partial charge in [0.15, 0.2) is 0 Å². The first-order valence-electron chi connectivity index (χ1n) is 9.68. The Morgan fingerprint density at radius 2 is 1.71 bits per heavy atom.